The SMILES string of the molecule is CCOc1ccc(-c2noc(CCC(=O)Nc3nnc(CC)s3)n2)cc1. The summed E-state index contributed by atoms with van der Waals surface area (Å²) in [6.45, 7) is 4.54. The van der Waals surface area contributed by atoms with Crippen LogP contribution in [0.1, 0.15) is 31.2 Å². The zero-order valence-electron chi connectivity index (χ0n) is 14.6. The second-order valence-electron chi connectivity index (χ2n) is 5.37. The fourth-order valence-electron chi connectivity index (χ4n) is 2.19. The van der Waals surface area contributed by atoms with Gasteiger partial charge < -0.3 is 14.6 Å². The molecule has 3 rings (SSSR count). The fourth-order valence-corrected chi connectivity index (χ4v) is 2.89. The molecular weight excluding hydrogens is 354 g/mol. The van der Waals surface area contributed by atoms with Crippen LogP contribution in [0, 0.1) is 0 Å². The van der Waals surface area contributed by atoms with Crippen molar-refractivity contribution in [2.24, 2.45) is 0 Å². The van der Waals surface area contributed by atoms with Gasteiger partial charge in [0.1, 0.15) is 10.8 Å². The van der Waals surface area contributed by atoms with Gasteiger partial charge in [-0.2, -0.15) is 4.98 Å². The molecule has 0 aliphatic rings. The highest BCUT2D eigenvalue weighted by Crippen LogP contribution is 2.20. The lowest BCUT2D eigenvalue weighted by Gasteiger charge is -2.02. The first-order valence-corrected chi connectivity index (χ1v) is 9.17. The van der Waals surface area contributed by atoms with Gasteiger partial charge in [0.2, 0.25) is 22.8 Å². The van der Waals surface area contributed by atoms with Crippen LogP contribution in [0.15, 0.2) is 28.8 Å². The van der Waals surface area contributed by atoms with Gasteiger partial charge in [0.05, 0.1) is 6.61 Å². The van der Waals surface area contributed by atoms with E-state index in [0.29, 0.717) is 29.9 Å². The zero-order chi connectivity index (χ0) is 18.4. The van der Waals surface area contributed by atoms with Crippen molar-refractivity contribution in [1.29, 1.82) is 0 Å². The minimum atomic E-state index is -0.162. The van der Waals surface area contributed by atoms with Gasteiger partial charge >= 0.3 is 0 Å². The molecular formula is C17H19N5O3S. The highest BCUT2D eigenvalue weighted by Gasteiger charge is 2.12. The Morgan fingerprint density at radius 2 is 2.04 bits per heavy atom. The third-order valence-electron chi connectivity index (χ3n) is 3.47. The molecule has 9 heteroatoms. The van der Waals surface area contributed by atoms with Gasteiger partial charge in [0, 0.05) is 18.4 Å². The van der Waals surface area contributed by atoms with E-state index in [1.807, 2.05) is 38.1 Å². The maximum atomic E-state index is 12.0. The quantitative estimate of drug-likeness (QED) is 0.647. The minimum Gasteiger partial charge on any atom is -0.494 e. The number of anilines is 1. The van der Waals surface area contributed by atoms with Crippen molar-refractivity contribution in [1.82, 2.24) is 20.3 Å². The summed E-state index contributed by atoms with van der Waals surface area (Å²) in [6, 6.07) is 7.45. The molecule has 1 aromatic carbocycles. The Kier molecular flexibility index (Phi) is 5.90. The van der Waals surface area contributed by atoms with Crippen LogP contribution in [0.3, 0.4) is 0 Å². The van der Waals surface area contributed by atoms with E-state index in [9.17, 15) is 4.79 Å². The number of benzene rings is 1. The van der Waals surface area contributed by atoms with Gasteiger partial charge in [-0.25, -0.2) is 0 Å². The summed E-state index contributed by atoms with van der Waals surface area (Å²) in [5.74, 6) is 1.53. The third-order valence-corrected chi connectivity index (χ3v) is 4.46. The Balaban J connectivity index is 1.53. The van der Waals surface area contributed by atoms with Gasteiger partial charge in [-0.3, -0.25) is 4.79 Å². The molecule has 1 N–H and O–H groups in total. The molecule has 0 fully saturated rings. The first-order valence-electron chi connectivity index (χ1n) is 8.36. The number of carbonyl (C=O) groups excluding carboxylic acids is 1. The largest absolute Gasteiger partial charge is 0.494 e. The van der Waals surface area contributed by atoms with Crippen molar-refractivity contribution in [2.75, 3.05) is 11.9 Å². The van der Waals surface area contributed by atoms with E-state index in [2.05, 4.69) is 25.7 Å². The Labute approximate surface area is 154 Å². The Morgan fingerprint density at radius 1 is 1.23 bits per heavy atom. The molecule has 26 heavy (non-hydrogen) atoms. The summed E-state index contributed by atoms with van der Waals surface area (Å²) in [6.07, 6.45) is 1.38. The van der Waals surface area contributed by atoms with Crippen LogP contribution in [-0.4, -0.2) is 32.9 Å². The zero-order valence-corrected chi connectivity index (χ0v) is 15.4. The number of nitrogens with one attached hydrogen (secondary N) is 1. The predicted octanol–water partition coefficient (Wildman–Crippen LogP) is 3.12. The van der Waals surface area contributed by atoms with Crippen molar-refractivity contribution >= 4 is 22.4 Å². The van der Waals surface area contributed by atoms with Crippen molar-refractivity contribution in [2.45, 2.75) is 33.1 Å². The molecule has 3 aromatic rings. The summed E-state index contributed by atoms with van der Waals surface area (Å²) < 4.78 is 10.6. The summed E-state index contributed by atoms with van der Waals surface area (Å²) in [4.78, 5) is 16.3. The monoisotopic (exact) mass is 373 g/mol. The molecule has 2 aromatic heterocycles. The van der Waals surface area contributed by atoms with Gasteiger partial charge in [-0.15, -0.1) is 10.2 Å². The lowest BCUT2D eigenvalue weighted by atomic mass is 10.2. The molecule has 0 radical (unpaired) electrons. The molecule has 2 heterocycles. The van der Waals surface area contributed by atoms with Gasteiger partial charge in [-0.1, -0.05) is 23.4 Å². The Hall–Kier alpha value is -2.81. The van der Waals surface area contributed by atoms with E-state index in [1.165, 1.54) is 11.3 Å². The van der Waals surface area contributed by atoms with Crippen molar-refractivity contribution < 1.29 is 14.1 Å². The number of aromatic nitrogens is 4. The normalized spacial score (nSPS) is 10.7. The average molecular weight is 373 g/mol. The lowest BCUT2D eigenvalue weighted by Crippen LogP contribution is -2.12. The second kappa shape index (κ2) is 8.52. The summed E-state index contributed by atoms with van der Waals surface area (Å²) in [7, 11) is 0. The standard InChI is InChI=1S/C17H19N5O3S/c1-3-15-20-21-17(26-15)18-13(23)9-10-14-19-16(22-25-14)11-5-7-12(8-6-11)24-4-2/h5-8H,3-4,9-10H2,1-2H3,(H,18,21,23). The van der Waals surface area contributed by atoms with Crippen molar-refractivity contribution in [3.05, 3.63) is 35.2 Å². The van der Waals surface area contributed by atoms with E-state index >= 15 is 0 Å². The summed E-state index contributed by atoms with van der Waals surface area (Å²) >= 11 is 1.37. The van der Waals surface area contributed by atoms with E-state index in [1.54, 1.807) is 0 Å². The van der Waals surface area contributed by atoms with Crippen molar-refractivity contribution in [3.63, 3.8) is 0 Å². The van der Waals surface area contributed by atoms with Crippen LogP contribution in [0.5, 0.6) is 5.75 Å². The summed E-state index contributed by atoms with van der Waals surface area (Å²) in [5, 5.41) is 16.0. The first kappa shape index (κ1) is 18.0. The van der Waals surface area contributed by atoms with Crippen molar-refractivity contribution in [3.8, 4) is 17.1 Å². The number of nitrogens with zero attached hydrogens (tertiary/aromatic N) is 4. The van der Waals surface area contributed by atoms with Crippen LogP contribution in [0.4, 0.5) is 5.13 Å². The number of carbonyl (C=O) groups is 1. The van der Waals surface area contributed by atoms with Crippen LogP contribution in [0.25, 0.3) is 11.4 Å². The minimum absolute atomic E-state index is 0.162. The van der Waals surface area contributed by atoms with Crippen LogP contribution < -0.4 is 10.1 Å². The van der Waals surface area contributed by atoms with E-state index < -0.39 is 0 Å². The average Bonchev–Trinajstić information content (AvgIpc) is 3.30. The molecule has 1 amide bonds. The maximum Gasteiger partial charge on any atom is 0.227 e. The first-order chi connectivity index (χ1) is 12.7. The fraction of sp³-hybridized carbons (Fsp3) is 0.353. The maximum absolute atomic E-state index is 12.0. The molecule has 0 unspecified atom stereocenters. The molecule has 0 aliphatic carbocycles. The van der Waals surface area contributed by atoms with E-state index in [-0.39, 0.29) is 12.3 Å². The number of amides is 1. The van der Waals surface area contributed by atoms with Gasteiger partial charge in [0.15, 0.2) is 0 Å². The molecule has 8 nitrogen and oxygen atoms in total. The highest BCUT2D eigenvalue weighted by atomic mass is 32.1. The smallest absolute Gasteiger partial charge is 0.227 e. The van der Waals surface area contributed by atoms with Crippen LogP contribution in [0.2, 0.25) is 0 Å². The van der Waals surface area contributed by atoms with Crippen LogP contribution >= 0.6 is 11.3 Å². The Morgan fingerprint density at radius 3 is 2.73 bits per heavy atom. The van der Waals surface area contributed by atoms with Crippen LogP contribution in [-0.2, 0) is 17.6 Å². The number of hydrogen-bond donors (Lipinski definition) is 1. The third kappa shape index (κ3) is 4.63. The predicted molar refractivity (Wildman–Crippen MR) is 97.1 cm³/mol. The molecule has 0 aliphatic heterocycles. The van der Waals surface area contributed by atoms with Gasteiger partial charge in [0.25, 0.3) is 0 Å². The molecule has 0 atom stereocenters. The number of aryl methyl sites for hydroxylation is 2. The topological polar surface area (TPSA) is 103 Å². The second-order valence-corrected chi connectivity index (χ2v) is 6.43. The van der Waals surface area contributed by atoms with E-state index in [4.69, 9.17) is 9.26 Å². The molecule has 0 saturated carbocycles. The Bertz CT molecular complexity index is 859. The number of rotatable bonds is 8. The molecule has 136 valence electrons. The summed E-state index contributed by atoms with van der Waals surface area (Å²) in [5.41, 5.74) is 0.828. The highest BCUT2D eigenvalue weighted by molar-refractivity contribution is 7.15. The van der Waals surface area contributed by atoms with E-state index in [0.717, 1.165) is 22.7 Å². The lowest BCUT2D eigenvalue weighted by molar-refractivity contribution is -0.116. The number of ether oxygens (including phenoxy) is 1. The van der Waals surface area contributed by atoms with Gasteiger partial charge in [-0.05, 0) is 37.6 Å². The molecule has 0 spiro atoms. The molecule has 0 saturated heterocycles. The number of hydrogen-bond acceptors (Lipinski definition) is 8. The molecule has 0 bridgehead atoms.